The Kier molecular flexibility index (Phi) is 4.00. The van der Waals surface area contributed by atoms with E-state index in [9.17, 15) is 13.2 Å². The maximum atomic E-state index is 12.2. The van der Waals surface area contributed by atoms with Crippen LogP contribution in [0.15, 0.2) is 0 Å². The van der Waals surface area contributed by atoms with E-state index < -0.39 is 15.4 Å². The van der Waals surface area contributed by atoms with Gasteiger partial charge in [0.2, 0.25) is 15.9 Å². The molecule has 0 atom stereocenters. The maximum Gasteiger partial charge on any atom is 0.236 e. The van der Waals surface area contributed by atoms with Gasteiger partial charge in [0.25, 0.3) is 0 Å². The number of amides is 1. The minimum atomic E-state index is -3.19. The normalized spacial score (nSPS) is 21.0. The maximum absolute atomic E-state index is 12.2. The lowest BCUT2D eigenvalue weighted by atomic mass is 9.88. The standard InChI is InChI=1S/C13H19N3O4S2/c1-3-22(18,19)16-5-4-9-10(6-16)21-12(14-9)15-11(17)13(2)7-20-8-13/h3-8H2,1-2H3,(H,14,15,17). The minimum Gasteiger partial charge on any atom is -0.379 e. The van der Waals surface area contributed by atoms with E-state index >= 15 is 0 Å². The third-order valence-electron chi connectivity index (χ3n) is 4.06. The molecule has 0 spiro atoms. The quantitative estimate of drug-likeness (QED) is 0.873. The van der Waals surface area contributed by atoms with Gasteiger partial charge in [0.15, 0.2) is 5.13 Å². The van der Waals surface area contributed by atoms with Gasteiger partial charge in [0.05, 0.1) is 30.1 Å². The largest absolute Gasteiger partial charge is 0.379 e. The van der Waals surface area contributed by atoms with E-state index in [2.05, 4.69) is 10.3 Å². The van der Waals surface area contributed by atoms with Gasteiger partial charge in [-0.05, 0) is 13.8 Å². The first-order valence-corrected chi connectivity index (χ1v) is 9.62. The highest BCUT2D eigenvalue weighted by molar-refractivity contribution is 7.89. The van der Waals surface area contributed by atoms with E-state index in [0.29, 0.717) is 37.9 Å². The summed E-state index contributed by atoms with van der Waals surface area (Å²) in [5.41, 5.74) is 0.405. The molecule has 0 bridgehead atoms. The number of hydrogen-bond donors (Lipinski definition) is 1. The van der Waals surface area contributed by atoms with Crippen molar-refractivity contribution in [3.05, 3.63) is 10.6 Å². The van der Waals surface area contributed by atoms with Crippen molar-refractivity contribution in [2.75, 3.05) is 30.8 Å². The van der Waals surface area contributed by atoms with Crippen LogP contribution in [0.4, 0.5) is 5.13 Å². The first-order valence-electron chi connectivity index (χ1n) is 7.20. The SMILES string of the molecule is CCS(=O)(=O)N1CCc2nc(NC(=O)C3(C)COC3)sc2C1. The van der Waals surface area contributed by atoms with Gasteiger partial charge in [-0.2, -0.15) is 4.31 Å². The molecule has 0 aliphatic carbocycles. The van der Waals surface area contributed by atoms with Gasteiger partial charge in [0, 0.05) is 24.4 Å². The molecule has 2 aliphatic rings. The molecule has 0 unspecified atom stereocenters. The summed E-state index contributed by atoms with van der Waals surface area (Å²) in [6.45, 7) is 5.14. The lowest BCUT2D eigenvalue weighted by Crippen LogP contribution is -2.49. The van der Waals surface area contributed by atoms with Gasteiger partial charge in [-0.1, -0.05) is 0 Å². The molecule has 0 aromatic carbocycles. The van der Waals surface area contributed by atoms with Crippen LogP contribution < -0.4 is 5.32 Å². The summed E-state index contributed by atoms with van der Waals surface area (Å²) in [7, 11) is -3.19. The molecule has 1 fully saturated rings. The van der Waals surface area contributed by atoms with Gasteiger partial charge in [-0.3, -0.25) is 4.79 Å². The molecule has 1 aromatic rings. The van der Waals surface area contributed by atoms with Crippen LogP contribution in [0.1, 0.15) is 24.4 Å². The Morgan fingerprint density at radius 2 is 2.23 bits per heavy atom. The summed E-state index contributed by atoms with van der Waals surface area (Å²) in [5.74, 6) is 0.00573. The van der Waals surface area contributed by atoms with E-state index in [1.54, 1.807) is 6.92 Å². The molecule has 1 N–H and O–H groups in total. The molecule has 7 nitrogen and oxygen atoms in total. The van der Waals surface area contributed by atoms with Crippen LogP contribution in [-0.4, -0.2) is 49.1 Å². The van der Waals surface area contributed by atoms with Gasteiger partial charge in [0.1, 0.15) is 0 Å². The summed E-state index contributed by atoms with van der Waals surface area (Å²) in [6, 6.07) is 0. The van der Waals surface area contributed by atoms with Crippen molar-refractivity contribution in [2.24, 2.45) is 5.41 Å². The molecule has 3 heterocycles. The Bertz CT molecular complexity index is 694. The Labute approximate surface area is 133 Å². The number of hydrogen-bond acceptors (Lipinski definition) is 6. The number of fused-ring (bicyclic) bond motifs is 1. The van der Waals surface area contributed by atoms with Crippen molar-refractivity contribution < 1.29 is 17.9 Å². The number of ether oxygens (including phenoxy) is 1. The minimum absolute atomic E-state index is 0.0946. The number of sulfonamides is 1. The number of anilines is 1. The van der Waals surface area contributed by atoms with Crippen LogP contribution in [0, 0.1) is 5.41 Å². The molecule has 1 saturated heterocycles. The summed E-state index contributed by atoms with van der Waals surface area (Å²) in [6.07, 6.45) is 0.585. The van der Waals surface area contributed by atoms with Gasteiger partial charge < -0.3 is 10.1 Å². The molecule has 0 saturated carbocycles. The average Bonchev–Trinajstić information content (AvgIpc) is 2.85. The summed E-state index contributed by atoms with van der Waals surface area (Å²) >= 11 is 1.35. The molecule has 1 aromatic heterocycles. The van der Waals surface area contributed by atoms with E-state index in [4.69, 9.17) is 4.74 Å². The monoisotopic (exact) mass is 345 g/mol. The molecule has 0 radical (unpaired) electrons. The predicted molar refractivity (Wildman–Crippen MR) is 83.2 cm³/mol. The fraction of sp³-hybridized carbons (Fsp3) is 0.692. The average molecular weight is 345 g/mol. The second kappa shape index (κ2) is 5.55. The Morgan fingerprint density at radius 3 is 2.82 bits per heavy atom. The number of aromatic nitrogens is 1. The van der Waals surface area contributed by atoms with Crippen molar-refractivity contribution in [1.29, 1.82) is 0 Å². The van der Waals surface area contributed by atoms with E-state index in [0.717, 1.165) is 10.6 Å². The highest BCUT2D eigenvalue weighted by Gasteiger charge is 2.41. The van der Waals surface area contributed by atoms with E-state index in [-0.39, 0.29) is 11.7 Å². The molecular weight excluding hydrogens is 326 g/mol. The van der Waals surface area contributed by atoms with Crippen molar-refractivity contribution in [1.82, 2.24) is 9.29 Å². The fourth-order valence-electron chi connectivity index (χ4n) is 2.43. The summed E-state index contributed by atoms with van der Waals surface area (Å²) in [4.78, 5) is 17.5. The lowest BCUT2D eigenvalue weighted by molar-refractivity contribution is -0.151. The number of rotatable bonds is 4. The van der Waals surface area contributed by atoms with Crippen LogP contribution in [0.3, 0.4) is 0 Å². The zero-order valence-corrected chi connectivity index (χ0v) is 14.2. The number of nitrogens with zero attached hydrogens (tertiary/aromatic N) is 2. The van der Waals surface area contributed by atoms with Crippen LogP contribution >= 0.6 is 11.3 Å². The van der Waals surface area contributed by atoms with E-state index in [1.165, 1.54) is 15.6 Å². The third-order valence-corrected chi connectivity index (χ3v) is 6.89. The smallest absolute Gasteiger partial charge is 0.236 e. The fourth-order valence-corrected chi connectivity index (χ4v) is 4.59. The molecular formula is C13H19N3O4S2. The molecule has 22 heavy (non-hydrogen) atoms. The molecule has 1 amide bonds. The van der Waals surface area contributed by atoms with Gasteiger partial charge >= 0.3 is 0 Å². The summed E-state index contributed by atoms with van der Waals surface area (Å²) in [5, 5.41) is 3.37. The first kappa shape index (κ1) is 15.9. The molecule has 9 heteroatoms. The van der Waals surface area contributed by atoms with E-state index in [1.807, 2.05) is 6.92 Å². The highest BCUT2D eigenvalue weighted by atomic mass is 32.2. The molecule has 2 aliphatic heterocycles. The lowest BCUT2D eigenvalue weighted by Gasteiger charge is -2.35. The van der Waals surface area contributed by atoms with Crippen LogP contribution in [0.25, 0.3) is 0 Å². The molecule has 122 valence electrons. The Balaban J connectivity index is 1.72. The predicted octanol–water partition coefficient (Wildman–Crippen LogP) is 0.826. The summed E-state index contributed by atoms with van der Waals surface area (Å²) < 4.78 is 30.5. The molecule has 3 rings (SSSR count). The van der Waals surface area contributed by atoms with Crippen LogP contribution in [0.5, 0.6) is 0 Å². The number of nitrogens with one attached hydrogen (secondary N) is 1. The van der Waals surface area contributed by atoms with Crippen LogP contribution in [0.2, 0.25) is 0 Å². The second-order valence-corrected chi connectivity index (χ2v) is 9.22. The van der Waals surface area contributed by atoms with Crippen molar-refractivity contribution >= 4 is 32.4 Å². The zero-order chi connectivity index (χ0) is 16.0. The number of carbonyl (C=O) groups is 1. The van der Waals surface area contributed by atoms with Gasteiger partial charge in [-0.25, -0.2) is 13.4 Å². The van der Waals surface area contributed by atoms with Crippen LogP contribution in [-0.2, 0) is 32.5 Å². The second-order valence-electron chi connectivity index (χ2n) is 5.88. The first-order chi connectivity index (χ1) is 10.3. The van der Waals surface area contributed by atoms with Crippen molar-refractivity contribution in [3.63, 3.8) is 0 Å². The number of thiazole rings is 1. The zero-order valence-electron chi connectivity index (χ0n) is 12.6. The van der Waals surface area contributed by atoms with Crippen molar-refractivity contribution in [2.45, 2.75) is 26.8 Å². The van der Waals surface area contributed by atoms with Crippen molar-refractivity contribution in [3.8, 4) is 0 Å². The highest BCUT2D eigenvalue weighted by Crippen LogP contribution is 2.32. The topological polar surface area (TPSA) is 88.6 Å². The third kappa shape index (κ3) is 2.78. The van der Waals surface area contributed by atoms with Gasteiger partial charge in [-0.15, -0.1) is 11.3 Å². The number of carbonyl (C=O) groups excluding carboxylic acids is 1. The Morgan fingerprint density at radius 1 is 1.50 bits per heavy atom. The Hall–Kier alpha value is -1.03.